The van der Waals surface area contributed by atoms with Gasteiger partial charge in [0.1, 0.15) is 23.0 Å². The van der Waals surface area contributed by atoms with E-state index in [2.05, 4.69) is 127 Å². The maximum absolute atomic E-state index is 9.01. The highest BCUT2D eigenvalue weighted by Gasteiger charge is 2.44. The highest BCUT2D eigenvalue weighted by Crippen LogP contribution is 2.51. The number of hydrogen-bond acceptors (Lipinski definition) is 6. The Morgan fingerprint density at radius 3 is 1.32 bits per heavy atom. The normalized spacial score (nSPS) is 24.3. The van der Waals surface area contributed by atoms with Crippen molar-refractivity contribution >= 4 is 33.7 Å². The number of ether oxygens (including phenoxy) is 4. The molecule has 6 fully saturated rings. The van der Waals surface area contributed by atoms with Crippen molar-refractivity contribution in [2.24, 2.45) is 46.3 Å². The minimum Gasteiger partial charge on any atom is -0.508 e. The maximum atomic E-state index is 9.01. The molecule has 6 saturated carbocycles. The van der Waals surface area contributed by atoms with Crippen molar-refractivity contribution in [1.82, 2.24) is 0 Å². The van der Waals surface area contributed by atoms with Crippen LogP contribution in [0, 0.1) is 46.3 Å². The summed E-state index contributed by atoms with van der Waals surface area (Å²) < 4.78 is 26.6. The number of fused-ring (bicyclic) bond motifs is 6. The first-order valence-corrected chi connectivity index (χ1v) is 32.2. The van der Waals surface area contributed by atoms with Crippen molar-refractivity contribution in [3.8, 4) is 23.0 Å². The molecule has 0 radical (unpaired) electrons. The van der Waals surface area contributed by atoms with Crippen LogP contribution < -0.4 is 9.47 Å². The molecule has 440 valence electrons. The third kappa shape index (κ3) is 16.0. The standard InChI is InChI=1S/C30H42O2.C28H36O2.C10H14O.C8H8O/c1-4-21(2)23-10-11-26-19-28(13-12-25(26)18-23)32-29(30(3)14-6-5-7-15-30)31-20-27-17-22-8-9-24(27)16-22;1-3-20-7-9-24-18-26(12-11-22(24)15-20)30-27(28(2)13-5-4-6-14-28)29-19-25-17-21-8-10-23(25)16-21;1-3-8(2)9-4-6-10(11)7-5-9;1-2-7-3-5-8(9)6-4-7/h10-13,18-19,21-22,24,27,29H,4-9,14-17,20H2,1-3H3;3,7,9,11-12,15,18,21,23,25,27H,1,4-6,8,10,13-14,16-17,19H2,2H3;4-8,11H,3H2,1-2H3;2-6,9H,1H2. The van der Waals surface area contributed by atoms with Crippen molar-refractivity contribution in [2.45, 2.75) is 194 Å². The zero-order chi connectivity index (χ0) is 57.6. The fourth-order valence-corrected chi connectivity index (χ4v) is 14.7. The van der Waals surface area contributed by atoms with Crippen molar-refractivity contribution in [1.29, 1.82) is 0 Å². The van der Waals surface area contributed by atoms with Crippen LogP contribution in [0.3, 0.4) is 0 Å². The van der Waals surface area contributed by atoms with E-state index in [9.17, 15) is 0 Å². The van der Waals surface area contributed by atoms with Crippen LogP contribution in [0.4, 0.5) is 0 Å². The summed E-state index contributed by atoms with van der Waals surface area (Å²) >= 11 is 0. The van der Waals surface area contributed by atoms with E-state index in [1.165, 1.54) is 155 Å². The number of rotatable bonds is 18. The van der Waals surface area contributed by atoms with Crippen LogP contribution in [0.25, 0.3) is 33.7 Å². The van der Waals surface area contributed by atoms with E-state index >= 15 is 0 Å². The van der Waals surface area contributed by atoms with E-state index < -0.39 is 0 Å². The lowest BCUT2D eigenvalue weighted by Crippen LogP contribution is -2.42. The second-order valence-electron chi connectivity index (χ2n) is 26.6. The largest absolute Gasteiger partial charge is 0.508 e. The molecule has 0 heterocycles. The number of aromatic hydroxyl groups is 2. The van der Waals surface area contributed by atoms with Crippen LogP contribution in [-0.2, 0) is 9.47 Å². The number of phenols is 2. The second-order valence-corrected chi connectivity index (χ2v) is 26.6. The Bertz CT molecular complexity index is 2950. The molecule has 6 aromatic carbocycles. The van der Waals surface area contributed by atoms with Crippen molar-refractivity contribution < 1.29 is 29.2 Å². The van der Waals surface area contributed by atoms with Crippen LogP contribution in [0.5, 0.6) is 23.0 Å². The van der Waals surface area contributed by atoms with Gasteiger partial charge in [-0.1, -0.05) is 185 Å². The van der Waals surface area contributed by atoms with Gasteiger partial charge in [-0.3, -0.25) is 0 Å². The van der Waals surface area contributed by atoms with E-state index in [1.54, 1.807) is 30.3 Å². The minimum atomic E-state index is -0.151. The molecule has 12 rings (SSSR count). The van der Waals surface area contributed by atoms with Crippen LogP contribution in [-0.4, -0.2) is 36.0 Å². The lowest BCUT2D eigenvalue weighted by atomic mass is 9.75. The first kappa shape index (κ1) is 61.0. The highest BCUT2D eigenvalue weighted by atomic mass is 16.7. The third-order valence-electron chi connectivity index (χ3n) is 20.6. The Balaban J connectivity index is 0.000000149. The number of hydrogen-bond donors (Lipinski definition) is 2. The van der Waals surface area contributed by atoms with Crippen molar-refractivity contribution in [2.75, 3.05) is 13.2 Å². The molecule has 10 atom stereocenters. The highest BCUT2D eigenvalue weighted by molar-refractivity contribution is 5.86. The monoisotopic (exact) mass is 1110 g/mol. The van der Waals surface area contributed by atoms with Gasteiger partial charge in [0.15, 0.2) is 0 Å². The topological polar surface area (TPSA) is 77.4 Å². The molecular formula is C76H100O6. The zero-order valence-electron chi connectivity index (χ0n) is 51.0. The Kier molecular flexibility index (Phi) is 21.4. The molecular weight excluding hydrogens is 1010 g/mol. The van der Waals surface area contributed by atoms with E-state index in [4.69, 9.17) is 29.2 Å². The van der Waals surface area contributed by atoms with Gasteiger partial charge < -0.3 is 29.2 Å². The fraction of sp³-hybridized carbons (Fsp3) is 0.526. The number of benzene rings is 6. The van der Waals surface area contributed by atoms with Gasteiger partial charge in [-0.25, -0.2) is 0 Å². The molecule has 6 nitrogen and oxygen atoms in total. The molecule has 0 aliphatic heterocycles. The Morgan fingerprint density at radius 2 is 0.878 bits per heavy atom. The molecule has 6 aromatic rings. The number of phenolic OH excluding ortho intramolecular Hbond substituents is 2. The van der Waals surface area contributed by atoms with Crippen LogP contribution in [0.1, 0.15) is 204 Å². The molecule has 0 aromatic heterocycles. The third-order valence-corrected chi connectivity index (χ3v) is 20.6. The van der Waals surface area contributed by atoms with Gasteiger partial charge in [-0.05, 0) is 223 Å². The average molecular weight is 1110 g/mol. The summed E-state index contributed by atoms with van der Waals surface area (Å²) in [6.07, 6.45) is 29.7. The summed E-state index contributed by atoms with van der Waals surface area (Å²) in [5.41, 5.74) is 5.12. The molecule has 6 aliphatic rings. The summed E-state index contributed by atoms with van der Waals surface area (Å²) in [7, 11) is 0. The van der Waals surface area contributed by atoms with Gasteiger partial charge in [-0.2, -0.15) is 0 Å². The van der Waals surface area contributed by atoms with Gasteiger partial charge >= 0.3 is 0 Å². The maximum Gasteiger partial charge on any atom is 0.205 e. The summed E-state index contributed by atoms with van der Waals surface area (Å²) in [6, 6.07) is 40.7. The van der Waals surface area contributed by atoms with Crippen LogP contribution in [0.15, 0.2) is 134 Å². The molecule has 4 bridgehead atoms. The van der Waals surface area contributed by atoms with E-state index in [-0.39, 0.29) is 23.4 Å². The van der Waals surface area contributed by atoms with Gasteiger partial charge in [0.2, 0.25) is 12.6 Å². The molecule has 0 saturated heterocycles. The van der Waals surface area contributed by atoms with E-state index in [1.807, 2.05) is 30.3 Å². The molecule has 82 heavy (non-hydrogen) atoms. The molecule has 6 aliphatic carbocycles. The summed E-state index contributed by atoms with van der Waals surface area (Å²) in [6.45, 7) is 22.9. The first-order valence-electron chi connectivity index (χ1n) is 32.2. The van der Waals surface area contributed by atoms with Gasteiger partial charge in [-0.15, -0.1) is 0 Å². The van der Waals surface area contributed by atoms with Crippen molar-refractivity contribution in [3.63, 3.8) is 0 Å². The summed E-state index contributed by atoms with van der Waals surface area (Å²) in [5, 5.41) is 22.8. The zero-order valence-corrected chi connectivity index (χ0v) is 51.0. The van der Waals surface area contributed by atoms with Gasteiger partial charge in [0.05, 0.1) is 13.2 Å². The predicted octanol–water partition coefficient (Wildman–Crippen LogP) is 21.0. The summed E-state index contributed by atoms with van der Waals surface area (Å²) in [4.78, 5) is 0. The Morgan fingerprint density at radius 1 is 0.476 bits per heavy atom. The van der Waals surface area contributed by atoms with E-state index in [0.29, 0.717) is 23.3 Å². The fourth-order valence-electron chi connectivity index (χ4n) is 14.7. The minimum absolute atomic E-state index is 0.109. The quantitative estimate of drug-likeness (QED) is 0.0835. The smallest absolute Gasteiger partial charge is 0.205 e. The SMILES string of the molecule is C=Cc1ccc(O)cc1.C=Cc1ccc2cc(OC(OCC3CC4CCC3C4)C3(C)CCCCC3)ccc2c1.CCC(C)c1ccc(O)cc1.CCC(C)c1ccc2cc(OC(OCC3CC4CCC3C4)C3(C)CCCCC3)ccc2c1. The first-order chi connectivity index (χ1) is 39.7. The lowest BCUT2D eigenvalue weighted by Gasteiger charge is -2.40. The molecule has 0 amide bonds. The molecule has 0 spiro atoms. The molecule has 2 N–H and O–H groups in total. The van der Waals surface area contributed by atoms with Gasteiger partial charge in [0, 0.05) is 10.8 Å². The molecule has 6 heteroatoms. The van der Waals surface area contributed by atoms with E-state index in [0.717, 1.165) is 77.8 Å². The van der Waals surface area contributed by atoms with Gasteiger partial charge in [0.25, 0.3) is 0 Å². The Hall–Kier alpha value is -5.56. The van der Waals surface area contributed by atoms with Crippen molar-refractivity contribution in [3.05, 3.63) is 157 Å². The average Bonchev–Trinajstić information content (AvgIpc) is 4.50. The predicted molar refractivity (Wildman–Crippen MR) is 343 cm³/mol. The van der Waals surface area contributed by atoms with Crippen LogP contribution >= 0.6 is 0 Å². The lowest BCUT2D eigenvalue weighted by molar-refractivity contribution is -0.172. The summed E-state index contributed by atoms with van der Waals surface area (Å²) in [5.74, 6) is 8.96. The van der Waals surface area contributed by atoms with Crippen LogP contribution in [0.2, 0.25) is 0 Å². The second kappa shape index (κ2) is 28.8. The Labute approximate surface area is 494 Å². The molecule has 10 unspecified atom stereocenters.